The van der Waals surface area contributed by atoms with Crippen LogP contribution in [-0.2, 0) is 17.8 Å². The third-order valence-electron chi connectivity index (χ3n) is 3.73. The fourth-order valence-corrected chi connectivity index (χ4v) is 2.37. The molecule has 0 aliphatic carbocycles. The summed E-state index contributed by atoms with van der Waals surface area (Å²) < 4.78 is 16.2. The van der Waals surface area contributed by atoms with Crippen LogP contribution in [0.2, 0.25) is 0 Å². The predicted molar refractivity (Wildman–Crippen MR) is 104 cm³/mol. The van der Waals surface area contributed by atoms with Crippen LogP contribution in [0, 0.1) is 0 Å². The fraction of sp³-hybridized carbons (Fsp3) is 0.450. The average Bonchev–Trinajstić information content (AvgIpc) is 3.18. The summed E-state index contributed by atoms with van der Waals surface area (Å²) in [6.07, 6.45) is 3.41. The van der Waals surface area contributed by atoms with E-state index in [1.807, 2.05) is 36.4 Å². The van der Waals surface area contributed by atoms with Crippen LogP contribution in [-0.4, -0.2) is 39.3 Å². The van der Waals surface area contributed by atoms with Gasteiger partial charge in [-0.1, -0.05) is 12.1 Å². The first-order valence-corrected chi connectivity index (χ1v) is 9.07. The molecule has 142 valence electrons. The third-order valence-corrected chi connectivity index (χ3v) is 3.73. The second-order valence-electron chi connectivity index (χ2n) is 5.77. The van der Waals surface area contributed by atoms with E-state index in [2.05, 4.69) is 22.5 Å². The van der Waals surface area contributed by atoms with E-state index in [0.29, 0.717) is 13.2 Å². The topological polar surface area (TPSA) is 68.0 Å². The van der Waals surface area contributed by atoms with E-state index in [1.165, 1.54) is 0 Å². The molecule has 0 radical (unpaired) electrons. The van der Waals surface area contributed by atoms with Gasteiger partial charge in [0.2, 0.25) is 0 Å². The summed E-state index contributed by atoms with van der Waals surface area (Å²) in [5, 5.41) is 6.56. The molecule has 2 aromatic rings. The highest BCUT2D eigenvalue weighted by atomic mass is 16.5. The van der Waals surface area contributed by atoms with Crippen molar-refractivity contribution in [2.75, 3.05) is 33.4 Å². The molecule has 1 aromatic heterocycles. The Hall–Kier alpha value is -2.47. The Balaban J connectivity index is 1.60. The fourth-order valence-electron chi connectivity index (χ4n) is 2.37. The summed E-state index contributed by atoms with van der Waals surface area (Å²) in [5.41, 5.74) is 1.14. The van der Waals surface area contributed by atoms with E-state index in [1.54, 1.807) is 13.4 Å². The van der Waals surface area contributed by atoms with Gasteiger partial charge >= 0.3 is 0 Å². The van der Waals surface area contributed by atoms with Gasteiger partial charge in [-0.15, -0.1) is 0 Å². The molecule has 1 aromatic carbocycles. The molecule has 26 heavy (non-hydrogen) atoms. The Morgan fingerprint density at radius 1 is 1.15 bits per heavy atom. The molecule has 6 nitrogen and oxygen atoms in total. The maximum atomic E-state index is 5.70. The Morgan fingerprint density at radius 3 is 2.69 bits per heavy atom. The summed E-state index contributed by atoms with van der Waals surface area (Å²) >= 11 is 0. The van der Waals surface area contributed by atoms with Gasteiger partial charge < -0.3 is 24.5 Å². The summed E-state index contributed by atoms with van der Waals surface area (Å²) in [4.78, 5) is 4.57. The van der Waals surface area contributed by atoms with Gasteiger partial charge in [0.1, 0.15) is 11.5 Å². The number of hydrogen-bond donors (Lipinski definition) is 2. The molecule has 0 fully saturated rings. The van der Waals surface area contributed by atoms with Gasteiger partial charge in [0.05, 0.1) is 20.0 Å². The Bertz CT molecular complexity index is 624. The molecule has 0 spiro atoms. The molecule has 0 saturated heterocycles. The van der Waals surface area contributed by atoms with Crippen molar-refractivity contribution in [2.24, 2.45) is 4.99 Å². The van der Waals surface area contributed by atoms with Crippen LogP contribution in [0.15, 0.2) is 52.1 Å². The zero-order valence-corrected chi connectivity index (χ0v) is 15.7. The van der Waals surface area contributed by atoms with E-state index in [4.69, 9.17) is 13.9 Å². The highest BCUT2D eigenvalue weighted by Gasteiger charge is 1.99. The number of nitrogens with zero attached hydrogens (tertiary/aromatic N) is 1. The normalized spacial score (nSPS) is 11.4. The summed E-state index contributed by atoms with van der Waals surface area (Å²) in [6, 6.07) is 11.8. The Kier molecular flexibility index (Phi) is 9.14. The van der Waals surface area contributed by atoms with E-state index in [9.17, 15) is 0 Å². The average molecular weight is 359 g/mol. The number of rotatable bonds is 11. The number of benzene rings is 1. The lowest BCUT2D eigenvalue weighted by Gasteiger charge is -2.10. The molecular weight excluding hydrogens is 330 g/mol. The molecule has 1 heterocycles. The monoisotopic (exact) mass is 359 g/mol. The van der Waals surface area contributed by atoms with Crippen LogP contribution >= 0.6 is 0 Å². The number of methoxy groups -OCH3 is 1. The van der Waals surface area contributed by atoms with Crippen molar-refractivity contribution in [1.29, 1.82) is 0 Å². The van der Waals surface area contributed by atoms with E-state index in [0.717, 1.165) is 55.5 Å². The quantitative estimate of drug-likeness (QED) is 0.367. The molecule has 0 unspecified atom stereocenters. The second-order valence-corrected chi connectivity index (χ2v) is 5.77. The molecule has 0 amide bonds. The standard InChI is InChI=1S/C20H29N3O3/c1-3-21-20(23-13-11-19-6-4-15-26-19)22-12-5-14-25-16-17-7-9-18(24-2)10-8-17/h4,6-10,15H,3,5,11-14,16H2,1-2H3,(H2,21,22,23). The van der Waals surface area contributed by atoms with Gasteiger partial charge in [0.15, 0.2) is 5.96 Å². The van der Waals surface area contributed by atoms with Crippen molar-refractivity contribution in [2.45, 2.75) is 26.4 Å². The van der Waals surface area contributed by atoms with Gasteiger partial charge in [-0.2, -0.15) is 0 Å². The first-order valence-electron chi connectivity index (χ1n) is 9.07. The van der Waals surface area contributed by atoms with Gasteiger partial charge in [-0.25, -0.2) is 0 Å². The zero-order chi connectivity index (χ0) is 18.5. The van der Waals surface area contributed by atoms with Gasteiger partial charge in [0, 0.05) is 32.7 Å². The van der Waals surface area contributed by atoms with Crippen molar-refractivity contribution >= 4 is 5.96 Å². The van der Waals surface area contributed by atoms with Crippen molar-refractivity contribution in [3.05, 3.63) is 54.0 Å². The summed E-state index contributed by atoms with van der Waals surface area (Å²) in [7, 11) is 1.67. The third kappa shape index (κ3) is 7.61. The van der Waals surface area contributed by atoms with E-state index in [-0.39, 0.29) is 0 Å². The maximum Gasteiger partial charge on any atom is 0.191 e. The minimum Gasteiger partial charge on any atom is -0.497 e. The van der Waals surface area contributed by atoms with Crippen LogP contribution in [0.5, 0.6) is 5.75 Å². The molecular formula is C20H29N3O3. The van der Waals surface area contributed by atoms with Crippen molar-refractivity contribution in [3.8, 4) is 5.75 Å². The van der Waals surface area contributed by atoms with Crippen LogP contribution in [0.3, 0.4) is 0 Å². The van der Waals surface area contributed by atoms with Crippen LogP contribution < -0.4 is 15.4 Å². The predicted octanol–water partition coefficient (Wildman–Crippen LogP) is 2.99. The summed E-state index contributed by atoms with van der Waals surface area (Å²) in [6.45, 7) is 5.69. The van der Waals surface area contributed by atoms with Crippen LogP contribution in [0.25, 0.3) is 0 Å². The van der Waals surface area contributed by atoms with Crippen molar-refractivity contribution in [3.63, 3.8) is 0 Å². The van der Waals surface area contributed by atoms with Crippen LogP contribution in [0.1, 0.15) is 24.7 Å². The lowest BCUT2D eigenvalue weighted by molar-refractivity contribution is 0.120. The number of aliphatic imine (C=N–C) groups is 1. The lowest BCUT2D eigenvalue weighted by Crippen LogP contribution is -2.38. The van der Waals surface area contributed by atoms with Gasteiger partial charge in [0.25, 0.3) is 0 Å². The molecule has 0 aliphatic heterocycles. The largest absolute Gasteiger partial charge is 0.497 e. The first kappa shape index (κ1) is 19.8. The van der Waals surface area contributed by atoms with E-state index < -0.39 is 0 Å². The Morgan fingerprint density at radius 2 is 2.00 bits per heavy atom. The molecule has 0 aliphatic rings. The zero-order valence-electron chi connectivity index (χ0n) is 15.7. The molecule has 6 heteroatoms. The first-order chi connectivity index (χ1) is 12.8. The van der Waals surface area contributed by atoms with Crippen molar-refractivity contribution < 1.29 is 13.9 Å². The minimum atomic E-state index is 0.606. The minimum absolute atomic E-state index is 0.606. The van der Waals surface area contributed by atoms with Gasteiger partial charge in [-0.3, -0.25) is 4.99 Å². The SMILES string of the molecule is CCNC(=NCCCOCc1ccc(OC)cc1)NCCc1ccco1. The Labute approximate surface area is 155 Å². The molecule has 2 N–H and O–H groups in total. The number of furan rings is 1. The second kappa shape index (κ2) is 12.0. The van der Waals surface area contributed by atoms with Gasteiger partial charge in [-0.05, 0) is 43.2 Å². The lowest BCUT2D eigenvalue weighted by atomic mass is 10.2. The summed E-state index contributed by atoms with van der Waals surface area (Å²) in [5.74, 6) is 2.66. The number of guanidine groups is 1. The highest BCUT2D eigenvalue weighted by molar-refractivity contribution is 5.79. The number of hydrogen-bond acceptors (Lipinski definition) is 4. The number of nitrogens with one attached hydrogen (secondary N) is 2. The number of ether oxygens (including phenoxy) is 2. The van der Waals surface area contributed by atoms with Crippen LogP contribution in [0.4, 0.5) is 0 Å². The molecule has 2 rings (SSSR count). The maximum absolute atomic E-state index is 5.70. The molecule has 0 bridgehead atoms. The van der Waals surface area contributed by atoms with E-state index >= 15 is 0 Å². The highest BCUT2D eigenvalue weighted by Crippen LogP contribution is 2.11. The molecule has 0 atom stereocenters. The molecule has 0 saturated carbocycles. The van der Waals surface area contributed by atoms with Crippen molar-refractivity contribution in [1.82, 2.24) is 10.6 Å². The smallest absolute Gasteiger partial charge is 0.191 e.